The van der Waals surface area contributed by atoms with Gasteiger partial charge in [0.15, 0.2) is 0 Å². The lowest BCUT2D eigenvalue weighted by Gasteiger charge is -2.16. The Morgan fingerprint density at radius 1 is 1.22 bits per heavy atom. The van der Waals surface area contributed by atoms with Gasteiger partial charge in [0.1, 0.15) is 6.04 Å². The first-order valence-electron chi connectivity index (χ1n) is 7.19. The zero-order chi connectivity index (χ0) is 17.2. The van der Waals surface area contributed by atoms with Gasteiger partial charge in [-0.15, -0.1) is 0 Å². The van der Waals surface area contributed by atoms with E-state index in [1.165, 1.54) is 7.11 Å². The van der Waals surface area contributed by atoms with E-state index >= 15 is 0 Å². The molecular formula is C16H22N2O4S. The summed E-state index contributed by atoms with van der Waals surface area (Å²) in [4.78, 5) is 35.4. The molecule has 0 heterocycles. The van der Waals surface area contributed by atoms with Crippen LogP contribution in [0.1, 0.15) is 22.3 Å². The van der Waals surface area contributed by atoms with Crippen molar-refractivity contribution in [1.29, 1.82) is 0 Å². The van der Waals surface area contributed by atoms with E-state index in [4.69, 9.17) is 0 Å². The molecule has 0 bridgehead atoms. The molecule has 0 spiro atoms. The number of hydrogen-bond donors (Lipinski definition) is 2. The number of hydrogen-bond acceptors (Lipinski definition) is 5. The molecule has 0 fully saturated rings. The molecule has 6 nitrogen and oxygen atoms in total. The first kappa shape index (κ1) is 19.0. The van der Waals surface area contributed by atoms with Crippen molar-refractivity contribution < 1.29 is 19.1 Å². The van der Waals surface area contributed by atoms with Crippen LogP contribution in [0, 0.1) is 6.92 Å². The molecule has 0 saturated carbocycles. The van der Waals surface area contributed by atoms with Crippen molar-refractivity contribution in [3.63, 3.8) is 0 Å². The zero-order valence-electron chi connectivity index (χ0n) is 13.5. The van der Waals surface area contributed by atoms with E-state index in [0.29, 0.717) is 12.0 Å². The quantitative estimate of drug-likeness (QED) is 0.694. The van der Waals surface area contributed by atoms with Crippen LogP contribution in [-0.2, 0) is 14.3 Å². The molecule has 2 amide bonds. The molecule has 0 aliphatic rings. The Morgan fingerprint density at radius 2 is 1.87 bits per heavy atom. The number of nitrogens with one attached hydrogen (secondary N) is 2. The van der Waals surface area contributed by atoms with Crippen molar-refractivity contribution in [2.24, 2.45) is 0 Å². The predicted octanol–water partition coefficient (Wildman–Crippen LogP) is 1.14. The van der Waals surface area contributed by atoms with Crippen molar-refractivity contribution >= 4 is 29.5 Å². The third kappa shape index (κ3) is 6.73. The maximum Gasteiger partial charge on any atom is 0.328 e. The lowest BCUT2D eigenvalue weighted by molar-refractivity contribution is -0.145. The molecule has 0 aliphatic heterocycles. The Balaban J connectivity index is 2.49. The number of thioether (sulfide) groups is 1. The van der Waals surface area contributed by atoms with E-state index in [1.807, 2.05) is 25.3 Å². The second kappa shape index (κ2) is 9.89. The number of carbonyl (C=O) groups is 3. The summed E-state index contributed by atoms with van der Waals surface area (Å²) in [6, 6.07) is 6.34. The Kier molecular flexibility index (Phi) is 8.18. The average Bonchev–Trinajstić information content (AvgIpc) is 2.56. The fourth-order valence-corrected chi connectivity index (χ4v) is 2.31. The van der Waals surface area contributed by atoms with Gasteiger partial charge in [0.2, 0.25) is 5.91 Å². The molecule has 2 N–H and O–H groups in total. The lowest BCUT2D eigenvalue weighted by atomic mass is 10.1. The molecule has 0 aliphatic carbocycles. The van der Waals surface area contributed by atoms with Crippen LogP contribution in [0.2, 0.25) is 0 Å². The van der Waals surface area contributed by atoms with E-state index in [2.05, 4.69) is 15.4 Å². The van der Waals surface area contributed by atoms with Gasteiger partial charge in [-0.05, 0) is 37.5 Å². The molecule has 1 aromatic carbocycles. The van der Waals surface area contributed by atoms with Crippen LogP contribution < -0.4 is 10.6 Å². The zero-order valence-corrected chi connectivity index (χ0v) is 14.4. The molecule has 0 aromatic heterocycles. The standard InChI is InChI=1S/C16H22N2O4S/c1-11-4-6-12(7-5-11)15(20)17-10-14(19)18-13(8-9-23-3)16(21)22-2/h4-7,13H,8-10H2,1-3H3,(H,17,20)(H,18,19). The number of ether oxygens (including phenoxy) is 1. The van der Waals surface area contributed by atoms with E-state index in [9.17, 15) is 14.4 Å². The Labute approximate surface area is 140 Å². The van der Waals surface area contributed by atoms with Gasteiger partial charge in [0.25, 0.3) is 5.91 Å². The second-order valence-electron chi connectivity index (χ2n) is 4.97. The van der Waals surface area contributed by atoms with Crippen LogP contribution in [0.25, 0.3) is 0 Å². The van der Waals surface area contributed by atoms with Gasteiger partial charge in [0.05, 0.1) is 13.7 Å². The topological polar surface area (TPSA) is 84.5 Å². The number of aryl methyl sites for hydroxylation is 1. The maximum absolute atomic E-state index is 11.9. The Bertz CT molecular complexity index is 546. The number of benzene rings is 1. The summed E-state index contributed by atoms with van der Waals surface area (Å²) >= 11 is 1.57. The summed E-state index contributed by atoms with van der Waals surface area (Å²) in [5, 5.41) is 5.11. The molecule has 7 heteroatoms. The predicted molar refractivity (Wildman–Crippen MR) is 90.5 cm³/mol. The SMILES string of the molecule is COC(=O)C(CCSC)NC(=O)CNC(=O)c1ccc(C)cc1. The molecule has 1 atom stereocenters. The maximum atomic E-state index is 11.9. The van der Waals surface area contributed by atoms with Crippen molar-refractivity contribution in [3.8, 4) is 0 Å². The fourth-order valence-electron chi connectivity index (χ4n) is 1.84. The number of methoxy groups -OCH3 is 1. The lowest BCUT2D eigenvalue weighted by Crippen LogP contribution is -2.46. The number of carbonyl (C=O) groups excluding carboxylic acids is 3. The van der Waals surface area contributed by atoms with Crippen molar-refractivity contribution in [1.82, 2.24) is 10.6 Å². The first-order valence-corrected chi connectivity index (χ1v) is 8.58. The van der Waals surface area contributed by atoms with Crippen LogP contribution >= 0.6 is 11.8 Å². The average molecular weight is 338 g/mol. The normalized spacial score (nSPS) is 11.4. The van der Waals surface area contributed by atoms with E-state index in [1.54, 1.807) is 23.9 Å². The molecule has 0 saturated heterocycles. The highest BCUT2D eigenvalue weighted by molar-refractivity contribution is 7.98. The number of amides is 2. The fraction of sp³-hybridized carbons (Fsp3) is 0.438. The third-order valence-corrected chi connectivity index (χ3v) is 3.80. The Morgan fingerprint density at radius 3 is 2.43 bits per heavy atom. The van der Waals surface area contributed by atoms with Gasteiger partial charge in [-0.2, -0.15) is 11.8 Å². The van der Waals surface area contributed by atoms with Crippen LogP contribution in [-0.4, -0.2) is 49.5 Å². The summed E-state index contributed by atoms with van der Waals surface area (Å²) in [5.41, 5.74) is 1.53. The van der Waals surface area contributed by atoms with Crippen molar-refractivity contribution in [3.05, 3.63) is 35.4 Å². The van der Waals surface area contributed by atoms with Gasteiger partial charge >= 0.3 is 5.97 Å². The first-order chi connectivity index (χ1) is 11.0. The number of rotatable bonds is 8. The highest BCUT2D eigenvalue weighted by Gasteiger charge is 2.21. The molecule has 0 radical (unpaired) electrons. The van der Waals surface area contributed by atoms with Gasteiger partial charge in [-0.25, -0.2) is 4.79 Å². The van der Waals surface area contributed by atoms with Crippen LogP contribution in [0.15, 0.2) is 24.3 Å². The summed E-state index contributed by atoms with van der Waals surface area (Å²) in [7, 11) is 1.28. The van der Waals surface area contributed by atoms with Gasteiger partial charge in [-0.1, -0.05) is 17.7 Å². The molecule has 126 valence electrons. The molecule has 1 rings (SSSR count). The summed E-state index contributed by atoms with van der Waals surface area (Å²) in [6.07, 6.45) is 2.39. The van der Waals surface area contributed by atoms with Crippen molar-refractivity contribution in [2.45, 2.75) is 19.4 Å². The smallest absolute Gasteiger partial charge is 0.328 e. The van der Waals surface area contributed by atoms with E-state index in [0.717, 1.165) is 11.3 Å². The largest absolute Gasteiger partial charge is 0.467 e. The molecule has 1 aromatic rings. The molecular weight excluding hydrogens is 316 g/mol. The highest BCUT2D eigenvalue weighted by atomic mass is 32.2. The Hall–Kier alpha value is -2.02. The molecule has 23 heavy (non-hydrogen) atoms. The summed E-state index contributed by atoms with van der Waals surface area (Å²) < 4.78 is 4.67. The van der Waals surface area contributed by atoms with E-state index in [-0.39, 0.29) is 12.5 Å². The summed E-state index contributed by atoms with van der Waals surface area (Å²) in [6.45, 7) is 1.73. The third-order valence-electron chi connectivity index (χ3n) is 3.15. The van der Waals surface area contributed by atoms with Gasteiger partial charge < -0.3 is 15.4 Å². The monoisotopic (exact) mass is 338 g/mol. The van der Waals surface area contributed by atoms with Gasteiger partial charge in [-0.3, -0.25) is 9.59 Å². The van der Waals surface area contributed by atoms with Crippen LogP contribution in [0.4, 0.5) is 0 Å². The summed E-state index contributed by atoms with van der Waals surface area (Å²) in [5.74, 6) is -0.534. The second-order valence-corrected chi connectivity index (χ2v) is 5.96. The number of esters is 1. The minimum Gasteiger partial charge on any atom is -0.467 e. The minimum absolute atomic E-state index is 0.195. The van der Waals surface area contributed by atoms with E-state index < -0.39 is 17.9 Å². The van der Waals surface area contributed by atoms with Crippen molar-refractivity contribution in [2.75, 3.05) is 25.7 Å². The minimum atomic E-state index is -0.698. The van der Waals surface area contributed by atoms with Crippen LogP contribution in [0.3, 0.4) is 0 Å². The van der Waals surface area contributed by atoms with Gasteiger partial charge in [0, 0.05) is 5.56 Å². The highest BCUT2D eigenvalue weighted by Crippen LogP contribution is 2.03. The molecule has 1 unspecified atom stereocenters. The van der Waals surface area contributed by atoms with Crippen LogP contribution in [0.5, 0.6) is 0 Å².